The maximum absolute atomic E-state index is 10.5. The molecule has 0 saturated carbocycles. The number of aliphatic carboxylic acids is 1. The van der Waals surface area contributed by atoms with Crippen molar-refractivity contribution < 1.29 is 35.4 Å². The van der Waals surface area contributed by atoms with Gasteiger partial charge in [-0.15, -0.1) is 0 Å². The van der Waals surface area contributed by atoms with Gasteiger partial charge in [0, 0.05) is 19.6 Å². The van der Waals surface area contributed by atoms with Crippen molar-refractivity contribution in [3.05, 3.63) is 11.5 Å². The molecule has 124 valence electrons. The SMILES string of the molecule is NC(CCCCN/C(=C(\O)C(O)CCO)C(O)O)C(=O)O. The molecular weight excluding hydrogens is 284 g/mol. The predicted octanol–water partition coefficient (Wildman–Crippen LogP) is -2.02. The van der Waals surface area contributed by atoms with Crippen LogP contribution in [0.4, 0.5) is 0 Å². The highest BCUT2D eigenvalue weighted by Gasteiger charge is 2.19. The van der Waals surface area contributed by atoms with Crippen molar-refractivity contribution in [3.8, 4) is 0 Å². The number of nitrogens with two attached hydrogens (primary N) is 1. The Labute approximate surface area is 122 Å². The van der Waals surface area contributed by atoms with Crippen LogP contribution < -0.4 is 11.1 Å². The van der Waals surface area contributed by atoms with E-state index in [1.165, 1.54) is 0 Å². The van der Waals surface area contributed by atoms with E-state index in [-0.39, 0.29) is 31.7 Å². The molecule has 0 aliphatic carbocycles. The van der Waals surface area contributed by atoms with Gasteiger partial charge in [-0.3, -0.25) is 4.79 Å². The Morgan fingerprint density at radius 2 is 1.71 bits per heavy atom. The molecule has 2 unspecified atom stereocenters. The lowest BCUT2D eigenvalue weighted by atomic mass is 10.1. The number of rotatable bonds is 11. The molecule has 9 nitrogen and oxygen atoms in total. The number of carbonyl (C=O) groups is 1. The summed E-state index contributed by atoms with van der Waals surface area (Å²) in [7, 11) is 0. The lowest BCUT2D eigenvalue weighted by Gasteiger charge is -2.18. The van der Waals surface area contributed by atoms with Gasteiger partial charge < -0.3 is 41.7 Å². The molecule has 0 spiro atoms. The van der Waals surface area contributed by atoms with E-state index in [0.29, 0.717) is 12.8 Å². The molecule has 0 aromatic rings. The number of unbranched alkanes of at least 4 members (excludes halogenated alkanes) is 1. The van der Waals surface area contributed by atoms with Gasteiger partial charge in [0.05, 0.1) is 0 Å². The van der Waals surface area contributed by atoms with Crippen LogP contribution in [0.3, 0.4) is 0 Å². The molecular formula is C12H24N2O7. The normalized spacial score (nSPS) is 15.5. The van der Waals surface area contributed by atoms with Crippen molar-refractivity contribution in [3.63, 3.8) is 0 Å². The maximum Gasteiger partial charge on any atom is 0.320 e. The van der Waals surface area contributed by atoms with Crippen molar-refractivity contribution in [1.29, 1.82) is 0 Å². The van der Waals surface area contributed by atoms with E-state index >= 15 is 0 Å². The molecule has 0 fully saturated rings. The van der Waals surface area contributed by atoms with Crippen molar-refractivity contribution in [2.24, 2.45) is 5.73 Å². The quantitative estimate of drug-likeness (QED) is 0.122. The zero-order chi connectivity index (χ0) is 16.4. The summed E-state index contributed by atoms with van der Waals surface area (Å²) in [5.74, 6) is -1.74. The summed E-state index contributed by atoms with van der Waals surface area (Å²) in [5, 5.41) is 57.1. The van der Waals surface area contributed by atoms with Gasteiger partial charge in [0.25, 0.3) is 0 Å². The van der Waals surface area contributed by atoms with E-state index < -0.39 is 30.2 Å². The van der Waals surface area contributed by atoms with E-state index in [2.05, 4.69) is 5.32 Å². The molecule has 0 aliphatic rings. The van der Waals surface area contributed by atoms with Crippen LogP contribution in [-0.4, -0.2) is 68.2 Å². The molecule has 0 aliphatic heterocycles. The Bertz CT molecular complexity index is 346. The summed E-state index contributed by atoms with van der Waals surface area (Å²) in [4.78, 5) is 10.5. The number of aliphatic hydroxyl groups excluding tert-OH is 4. The van der Waals surface area contributed by atoms with Crippen molar-refractivity contribution in [2.75, 3.05) is 13.2 Å². The minimum atomic E-state index is -2.00. The number of hydrogen-bond donors (Lipinski definition) is 8. The monoisotopic (exact) mass is 308 g/mol. The lowest BCUT2D eigenvalue weighted by Crippen LogP contribution is -2.31. The van der Waals surface area contributed by atoms with E-state index in [1.807, 2.05) is 0 Å². The van der Waals surface area contributed by atoms with Crippen molar-refractivity contribution in [1.82, 2.24) is 5.32 Å². The molecule has 9 N–H and O–H groups in total. The standard InChI is InChI=1S/C12H24N2O7/c13-7(11(18)19)3-1-2-5-14-9(12(20)21)10(17)8(16)4-6-15/h7-8,12,14-17,20-21H,1-6,13H2,(H,18,19)/b10-9-. The Kier molecular flexibility index (Phi) is 9.67. The van der Waals surface area contributed by atoms with Crippen molar-refractivity contribution >= 4 is 5.97 Å². The smallest absolute Gasteiger partial charge is 0.320 e. The van der Waals surface area contributed by atoms with Gasteiger partial charge in [0.2, 0.25) is 0 Å². The highest BCUT2D eigenvalue weighted by molar-refractivity contribution is 5.72. The van der Waals surface area contributed by atoms with Crippen LogP contribution in [0, 0.1) is 0 Å². The van der Waals surface area contributed by atoms with Crippen LogP contribution in [0.5, 0.6) is 0 Å². The van der Waals surface area contributed by atoms with Gasteiger partial charge in [-0.2, -0.15) is 0 Å². The molecule has 0 amide bonds. The Balaban J connectivity index is 4.29. The third-order valence-electron chi connectivity index (χ3n) is 2.83. The minimum Gasteiger partial charge on any atom is -0.508 e. The van der Waals surface area contributed by atoms with E-state index in [4.69, 9.17) is 26.2 Å². The van der Waals surface area contributed by atoms with Crippen LogP contribution in [0.15, 0.2) is 11.5 Å². The zero-order valence-corrected chi connectivity index (χ0v) is 11.6. The lowest BCUT2D eigenvalue weighted by molar-refractivity contribution is -0.138. The van der Waals surface area contributed by atoms with E-state index in [0.717, 1.165) is 0 Å². The number of nitrogens with one attached hydrogen (secondary N) is 1. The molecule has 9 heteroatoms. The first kappa shape index (κ1) is 19.6. The van der Waals surface area contributed by atoms with Crippen LogP contribution >= 0.6 is 0 Å². The van der Waals surface area contributed by atoms with E-state index in [1.54, 1.807) is 0 Å². The second-order valence-electron chi connectivity index (χ2n) is 4.57. The zero-order valence-electron chi connectivity index (χ0n) is 11.6. The molecule has 0 rings (SSSR count). The van der Waals surface area contributed by atoms with Crippen LogP contribution in [0.1, 0.15) is 25.7 Å². The van der Waals surface area contributed by atoms with Gasteiger partial charge in [-0.25, -0.2) is 0 Å². The Morgan fingerprint density at radius 3 is 2.19 bits per heavy atom. The highest BCUT2D eigenvalue weighted by Crippen LogP contribution is 2.10. The topological polar surface area (TPSA) is 176 Å². The molecule has 0 aromatic heterocycles. The molecule has 0 radical (unpaired) electrons. The molecule has 0 bridgehead atoms. The number of hydrogen-bond acceptors (Lipinski definition) is 8. The first-order chi connectivity index (χ1) is 9.81. The third kappa shape index (κ3) is 7.83. The Hall–Kier alpha value is -1.39. The van der Waals surface area contributed by atoms with E-state index in [9.17, 15) is 15.0 Å². The molecule has 21 heavy (non-hydrogen) atoms. The largest absolute Gasteiger partial charge is 0.508 e. The molecule has 0 saturated heterocycles. The number of aliphatic hydroxyl groups is 5. The number of carboxylic acids is 1. The fourth-order valence-corrected chi connectivity index (χ4v) is 1.59. The summed E-state index contributed by atoms with van der Waals surface area (Å²) in [6.07, 6.45) is -2.29. The van der Waals surface area contributed by atoms with Gasteiger partial charge in [-0.05, 0) is 19.3 Å². The van der Waals surface area contributed by atoms with Crippen molar-refractivity contribution in [2.45, 2.75) is 44.1 Å². The van der Waals surface area contributed by atoms with Crippen LogP contribution in [-0.2, 0) is 4.79 Å². The second-order valence-corrected chi connectivity index (χ2v) is 4.57. The Morgan fingerprint density at radius 1 is 1.10 bits per heavy atom. The summed E-state index contributed by atoms with van der Waals surface area (Å²) in [6, 6.07) is -0.941. The van der Waals surface area contributed by atoms with Gasteiger partial charge >= 0.3 is 5.97 Å². The fraction of sp³-hybridized carbons (Fsp3) is 0.750. The summed E-state index contributed by atoms with van der Waals surface area (Å²) in [5.41, 5.74) is 4.97. The third-order valence-corrected chi connectivity index (χ3v) is 2.83. The van der Waals surface area contributed by atoms with Gasteiger partial charge in [0.15, 0.2) is 6.29 Å². The fourth-order valence-electron chi connectivity index (χ4n) is 1.59. The minimum absolute atomic E-state index is 0.142. The first-order valence-corrected chi connectivity index (χ1v) is 6.61. The average molecular weight is 308 g/mol. The predicted molar refractivity (Wildman–Crippen MR) is 73.1 cm³/mol. The molecule has 0 heterocycles. The second kappa shape index (κ2) is 10.4. The summed E-state index contributed by atoms with van der Waals surface area (Å²) < 4.78 is 0. The number of carboxylic acid groups (broad SMARTS) is 1. The van der Waals surface area contributed by atoms with Gasteiger partial charge in [-0.1, -0.05) is 0 Å². The summed E-state index contributed by atoms with van der Waals surface area (Å²) in [6.45, 7) is -0.137. The summed E-state index contributed by atoms with van der Waals surface area (Å²) >= 11 is 0. The maximum atomic E-state index is 10.5. The highest BCUT2D eigenvalue weighted by atomic mass is 16.5. The van der Waals surface area contributed by atoms with Crippen LogP contribution in [0.2, 0.25) is 0 Å². The molecule has 2 atom stereocenters. The molecule has 0 aromatic carbocycles. The van der Waals surface area contributed by atoms with Gasteiger partial charge in [0.1, 0.15) is 23.6 Å². The van der Waals surface area contributed by atoms with Crippen LogP contribution in [0.25, 0.3) is 0 Å². The average Bonchev–Trinajstić information content (AvgIpc) is 2.41. The first-order valence-electron chi connectivity index (χ1n) is 6.61.